The molecule has 0 radical (unpaired) electrons. The molecule has 3 nitrogen and oxygen atoms in total. The molecular weight excluding hydrogens is 374 g/mol. The second-order valence-corrected chi connectivity index (χ2v) is 8.22. The van der Waals surface area contributed by atoms with Crippen LogP contribution in [0.4, 0.5) is 0 Å². The molecule has 0 spiro atoms. The van der Waals surface area contributed by atoms with E-state index in [1.165, 1.54) is 0 Å². The molecule has 0 bridgehead atoms. The molecule has 0 fully saturated rings. The van der Waals surface area contributed by atoms with E-state index in [2.05, 4.69) is 15.9 Å². The number of rotatable bonds is 3. The molecule has 2 aromatic rings. The third-order valence-corrected chi connectivity index (χ3v) is 6.10. The van der Waals surface area contributed by atoms with E-state index in [9.17, 15) is 8.42 Å². The van der Waals surface area contributed by atoms with Crippen molar-refractivity contribution >= 4 is 26.0 Å². The number of primary sulfonamides is 1. The number of hydrogen-bond donors (Lipinski definition) is 1. The van der Waals surface area contributed by atoms with Crippen LogP contribution in [0.3, 0.4) is 0 Å². The summed E-state index contributed by atoms with van der Waals surface area (Å²) in [6.45, 7) is 0. The Bertz CT molecular complexity index is 888. The highest BCUT2D eigenvalue weighted by Gasteiger charge is 2.42. The number of sulfonamides is 1. The first-order valence-electron chi connectivity index (χ1n) is 7.16. The molecule has 3 rings (SSSR count). The Hall–Kier alpha value is -1.69. The van der Waals surface area contributed by atoms with Crippen molar-refractivity contribution in [1.82, 2.24) is 0 Å². The molecule has 1 aliphatic rings. The predicted molar refractivity (Wildman–Crippen MR) is 97.3 cm³/mol. The van der Waals surface area contributed by atoms with Gasteiger partial charge < -0.3 is 0 Å². The van der Waals surface area contributed by atoms with Crippen molar-refractivity contribution in [3.8, 4) is 11.1 Å². The van der Waals surface area contributed by atoms with E-state index in [-0.39, 0.29) is 0 Å². The Morgan fingerprint density at radius 3 is 2.39 bits per heavy atom. The lowest BCUT2D eigenvalue weighted by molar-refractivity contribution is 0.560. The fraction of sp³-hybridized carbons (Fsp3) is 0.111. The Balaban J connectivity index is 2.31. The summed E-state index contributed by atoms with van der Waals surface area (Å²) < 4.78 is 24.6. The van der Waals surface area contributed by atoms with Crippen molar-refractivity contribution in [2.45, 2.75) is 11.2 Å². The van der Waals surface area contributed by atoms with Crippen LogP contribution in [0.25, 0.3) is 11.1 Å². The first-order chi connectivity index (χ1) is 10.9. The first kappa shape index (κ1) is 16.2. The fourth-order valence-corrected chi connectivity index (χ4v) is 4.35. The van der Waals surface area contributed by atoms with Gasteiger partial charge in [-0.1, -0.05) is 76.6 Å². The molecule has 1 unspecified atom stereocenters. The second kappa shape index (κ2) is 6.07. The van der Waals surface area contributed by atoms with Crippen LogP contribution < -0.4 is 5.14 Å². The van der Waals surface area contributed by atoms with E-state index in [4.69, 9.17) is 5.14 Å². The maximum absolute atomic E-state index is 12.5. The highest BCUT2D eigenvalue weighted by Crippen LogP contribution is 2.42. The van der Waals surface area contributed by atoms with Crippen LogP contribution in [-0.4, -0.2) is 8.42 Å². The molecular formula is C18H16BrNO2S. The maximum atomic E-state index is 12.5. The lowest BCUT2D eigenvalue weighted by Gasteiger charge is -2.31. The van der Waals surface area contributed by atoms with Gasteiger partial charge in [0.1, 0.15) is 4.75 Å². The van der Waals surface area contributed by atoms with E-state index >= 15 is 0 Å². The van der Waals surface area contributed by atoms with Gasteiger partial charge in [-0.25, -0.2) is 13.6 Å². The van der Waals surface area contributed by atoms with Gasteiger partial charge in [0.15, 0.2) is 0 Å². The van der Waals surface area contributed by atoms with Gasteiger partial charge in [-0.3, -0.25) is 0 Å². The second-order valence-electron chi connectivity index (χ2n) is 5.48. The third-order valence-electron chi connectivity index (χ3n) is 4.06. The summed E-state index contributed by atoms with van der Waals surface area (Å²) in [6, 6.07) is 15.3. The minimum atomic E-state index is -3.84. The molecule has 5 heteroatoms. The minimum absolute atomic E-state index is 0.323. The summed E-state index contributed by atoms with van der Waals surface area (Å²) in [6.07, 6.45) is 7.41. The topological polar surface area (TPSA) is 60.2 Å². The van der Waals surface area contributed by atoms with Gasteiger partial charge in [0.2, 0.25) is 10.0 Å². The fourth-order valence-electron chi connectivity index (χ4n) is 2.91. The lowest BCUT2D eigenvalue weighted by atomic mass is 9.86. The van der Waals surface area contributed by atoms with Crippen molar-refractivity contribution in [1.29, 1.82) is 0 Å². The van der Waals surface area contributed by atoms with Crippen LogP contribution in [0.15, 0.2) is 77.3 Å². The smallest absolute Gasteiger partial charge is 0.223 e. The standard InChI is InChI=1S/C18H16BrNO2S/c19-15-9-10-17(16(13-15)14-7-3-1-4-8-14)18(23(20,21)22)11-5-2-6-12-18/h1-11,13H,12H2,(H2,20,21,22). The van der Waals surface area contributed by atoms with E-state index in [1.807, 2.05) is 60.7 Å². The predicted octanol–water partition coefficient (Wildman–Crippen LogP) is 4.12. The van der Waals surface area contributed by atoms with Gasteiger partial charge in [0, 0.05) is 4.47 Å². The van der Waals surface area contributed by atoms with Gasteiger partial charge in [-0.15, -0.1) is 0 Å². The SMILES string of the molecule is NS(=O)(=O)C1(c2ccc(Br)cc2-c2ccccc2)C=CC=CC1. The average molecular weight is 390 g/mol. The number of benzene rings is 2. The van der Waals surface area contributed by atoms with E-state index < -0.39 is 14.8 Å². The molecule has 2 N–H and O–H groups in total. The van der Waals surface area contributed by atoms with Gasteiger partial charge in [-0.2, -0.15) is 0 Å². The molecule has 0 amide bonds. The number of allylic oxidation sites excluding steroid dienone is 3. The van der Waals surface area contributed by atoms with Crippen LogP contribution in [0.1, 0.15) is 12.0 Å². The zero-order valence-corrected chi connectivity index (χ0v) is 14.7. The Labute approximate surface area is 144 Å². The summed E-state index contributed by atoms with van der Waals surface area (Å²) in [5, 5.41) is 5.64. The largest absolute Gasteiger partial charge is 0.228 e. The van der Waals surface area contributed by atoms with Crippen molar-refractivity contribution in [3.05, 3.63) is 82.9 Å². The van der Waals surface area contributed by atoms with E-state index in [1.54, 1.807) is 12.2 Å². The van der Waals surface area contributed by atoms with Crippen molar-refractivity contribution in [2.24, 2.45) is 5.14 Å². The Kier molecular flexibility index (Phi) is 4.27. The molecule has 0 saturated carbocycles. The van der Waals surface area contributed by atoms with E-state index in [0.29, 0.717) is 12.0 Å². The average Bonchev–Trinajstić information content (AvgIpc) is 2.55. The Morgan fingerprint density at radius 1 is 1.04 bits per heavy atom. The minimum Gasteiger partial charge on any atom is -0.228 e. The van der Waals surface area contributed by atoms with Gasteiger partial charge in [0.25, 0.3) is 0 Å². The number of hydrogen-bond acceptors (Lipinski definition) is 2. The highest BCUT2D eigenvalue weighted by molar-refractivity contribution is 9.10. The molecule has 0 heterocycles. The zero-order valence-electron chi connectivity index (χ0n) is 12.3. The van der Waals surface area contributed by atoms with Gasteiger partial charge in [0.05, 0.1) is 0 Å². The quantitative estimate of drug-likeness (QED) is 0.857. The molecule has 1 atom stereocenters. The van der Waals surface area contributed by atoms with Crippen LogP contribution in [0.2, 0.25) is 0 Å². The van der Waals surface area contributed by atoms with Crippen LogP contribution in [-0.2, 0) is 14.8 Å². The molecule has 2 aromatic carbocycles. The van der Waals surface area contributed by atoms with Crippen LogP contribution >= 0.6 is 15.9 Å². The van der Waals surface area contributed by atoms with Crippen molar-refractivity contribution < 1.29 is 8.42 Å². The molecule has 118 valence electrons. The number of halogens is 1. The van der Waals surface area contributed by atoms with Crippen LogP contribution in [0, 0.1) is 0 Å². The molecule has 23 heavy (non-hydrogen) atoms. The summed E-state index contributed by atoms with van der Waals surface area (Å²) >= 11 is 3.47. The molecule has 0 aliphatic heterocycles. The monoisotopic (exact) mass is 389 g/mol. The van der Waals surface area contributed by atoms with Crippen molar-refractivity contribution in [2.75, 3.05) is 0 Å². The lowest BCUT2D eigenvalue weighted by Crippen LogP contribution is -2.40. The first-order valence-corrected chi connectivity index (χ1v) is 9.50. The molecule has 0 saturated heterocycles. The van der Waals surface area contributed by atoms with Crippen molar-refractivity contribution in [3.63, 3.8) is 0 Å². The zero-order chi connectivity index (χ0) is 16.5. The maximum Gasteiger partial charge on any atom is 0.223 e. The summed E-state index contributed by atoms with van der Waals surface area (Å²) in [5.74, 6) is 0. The Morgan fingerprint density at radius 2 is 1.78 bits per heavy atom. The van der Waals surface area contributed by atoms with Gasteiger partial charge >= 0.3 is 0 Å². The summed E-state index contributed by atoms with van der Waals surface area (Å²) in [7, 11) is -3.84. The molecule has 0 aromatic heterocycles. The molecule has 1 aliphatic carbocycles. The normalized spacial score (nSPS) is 20.6. The highest BCUT2D eigenvalue weighted by atomic mass is 79.9. The van der Waals surface area contributed by atoms with Crippen LogP contribution in [0.5, 0.6) is 0 Å². The third kappa shape index (κ3) is 2.92. The summed E-state index contributed by atoms with van der Waals surface area (Å²) in [5.41, 5.74) is 2.50. The van der Waals surface area contributed by atoms with Gasteiger partial charge in [-0.05, 0) is 35.2 Å². The van der Waals surface area contributed by atoms with E-state index in [0.717, 1.165) is 15.6 Å². The number of nitrogens with two attached hydrogens (primary N) is 1. The summed E-state index contributed by atoms with van der Waals surface area (Å²) in [4.78, 5) is 0.